The van der Waals surface area contributed by atoms with E-state index in [9.17, 15) is 4.79 Å². The fourth-order valence-corrected chi connectivity index (χ4v) is 3.25. The lowest BCUT2D eigenvalue weighted by molar-refractivity contribution is -0.115. The Bertz CT molecular complexity index is 1140. The van der Waals surface area contributed by atoms with E-state index in [0.717, 1.165) is 33.8 Å². The second kappa shape index (κ2) is 8.14. The van der Waals surface area contributed by atoms with Crippen LogP contribution in [0.3, 0.4) is 0 Å². The lowest BCUT2D eigenvalue weighted by atomic mass is 10.1. The number of benzene rings is 2. The molecule has 0 fully saturated rings. The molecule has 146 valence electrons. The highest BCUT2D eigenvalue weighted by Gasteiger charge is 2.13. The van der Waals surface area contributed by atoms with Gasteiger partial charge in [-0.2, -0.15) is 0 Å². The Morgan fingerprint density at radius 3 is 2.69 bits per heavy atom. The van der Waals surface area contributed by atoms with E-state index in [0.29, 0.717) is 6.42 Å². The minimum Gasteiger partial charge on any atom is -0.363 e. The number of nitrogens with one attached hydrogen (secondary N) is 3. The van der Waals surface area contributed by atoms with Gasteiger partial charge in [0.05, 0.1) is 5.39 Å². The van der Waals surface area contributed by atoms with Gasteiger partial charge in [0, 0.05) is 29.4 Å². The normalized spacial score (nSPS) is 11.9. The molecule has 2 heterocycles. The second-order valence-electron chi connectivity index (χ2n) is 6.93. The quantitative estimate of drug-likeness (QED) is 0.429. The first-order valence-electron chi connectivity index (χ1n) is 9.69. The summed E-state index contributed by atoms with van der Waals surface area (Å²) in [5.41, 5.74) is 4.62. The number of amides is 1. The van der Waals surface area contributed by atoms with Crippen molar-refractivity contribution in [2.24, 2.45) is 0 Å². The van der Waals surface area contributed by atoms with E-state index in [-0.39, 0.29) is 11.9 Å². The van der Waals surface area contributed by atoms with Gasteiger partial charge in [-0.05, 0) is 30.7 Å². The number of rotatable bonds is 6. The van der Waals surface area contributed by atoms with Gasteiger partial charge in [-0.3, -0.25) is 4.79 Å². The topological polar surface area (TPSA) is 82.7 Å². The van der Waals surface area contributed by atoms with E-state index in [2.05, 4.69) is 44.6 Å². The summed E-state index contributed by atoms with van der Waals surface area (Å²) in [5.74, 6) is 0.773. The Hall–Kier alpha value is -3.67. The van der Waals surface area contributed by atoms with E-state index in [4.69, 9.17) is 0 Å². The SMILES string of the molecule is CCC(=O)Nc1cccc(-c2cc3c(N[C@H](C)c4ccccc4)ncnc3[nH]2)c1. The van der Waals surface area contributed by atoms with Crippen molar-refractivity contribution in [3.63, 3.8) is 0 Å². The van der Waals surface area contributed by atoms with Gasteiger partial charge in [-0.1, -0.05) is 49.4 Å². The summed E-state index contributed by atoms with van der Waals surface area (Å²) >= 11 is 0. The Balaban J connectivity index is 1.64. The molecule has 3 N–H and O–H groups in total. The number of nitrogens with zero attached hydrogens (tertiary/aromatic N) is 2. The molecule has 1 amide bonds. The summed E-state index contributed by atoms with van der Waals surface area (Å²) in [6, 6.07) is 20.2. The van der Waals surface area contributed by atoms with E-state index in [1.165, 1.54) is 5.56 Å². The van der Waals surface area contributed by atoms with Crippen molar-refractivity contribution >= 4 is 28.4 Å². The highest BCUT2D eigenvalue weighted by Crippen LogP contribution is 2.29. The van der Waals surface area contributed by atoms with Crippen molar-refractivity contribution in [3.05, 3.63) is 72.6 Å². The molecule has 2 aromatic heterocycles. The van der Waals surface area contributed by atoms with Gasteiger partial charge in [0.1, 0.15) is 17.8 Å². The van der Waals surface area contributed by atoms with Crippen LogP contribution >= 0.6 is 0 Å². The summed E-state index contributed by atoms with van der Waals surface area (Å²) in [7, 11) is 0. The highest BCUT2D eigenvalue weighted by atomic mass is 16.1. The zero-order valence-electron chi connectivity index (χ0n) is 16.4. The second-order valence-corrected chi connectivity index (χ2v) is 6.93. The van der Waals surface area contributed by atoms with E-state index < -0.39 is 0 Å². The minimum atomic E-state index is -0.00829. The molecule has 2 aromatic carbocycles. The van der Waals surface area contributed by atoms with Crippen LogP contribution in [0.4, 0.5) is 11.5 Å². The first-order valence-corrected chi connectivity index (χ1v) is 9.69. The maximum Gasteiger partial charge on any atom is 0.224 e. The molecule has 1 atom stereocenters. The third kappa shape index (κ3) is 4.11. The van der Waals surface area contributed by atoms with Crippen molar-refractivity contribution in [2.45, 2.75) is 26.3 Å². The molecular formula is C23H23N5O. The Kier molecular flexibility index (Phi) is 5.24. The predicted octanol–water partition coefficient (Wildman–Crippen LogP) is 5.15. The molecular weight excluding hydrogens is 362 g/mol. The number of carbonyl (C=O) groups is 1. The molecule has 0 unspecified atom stereocenters. The number of hydrogen-bond donors (Lipinski definition) is 3. The van der Waals surface area contributed by atoms with Crippen LogP contribution in [-0.4, -0.2) is 20.9 Å². The summed E-state index contributed by atoms with van der Waals surface area (Å²) in [6.07, 6.45) is 2.00. The summed E-state index contributed by atoms with van der Waals surface area (Å²) in [6.45, 7) is 3.94. The van der Waals surface area contributed by atoms with Crippen LogP contribution in [0.15, 0.2) is 67.0 Å². The van der Waals surface area contributed by atoms with Crippen LogP contribution in [0.2, 0.25) is 0 Å². The maximum atomic E-state index is 11.7. The summed E-state index contributed by atoms with van der Waals surface area (Å²) in [4.78, 5) is 23.9. The van der Waals surface area contributed by atoms with Crippen LogP contribution in [0.5, 0.6) is 0 Å². The largest absolute Gasteiger partial charge is 0.363 e. The zero-order chi connectivity index (χ0) is 20.2. The van der Waals surface area contributed by atoms with E-state index in [1.807, 2.05) is 55.5 Å². The molecule has 6 heteroatoms. The van der Waals surface area contributed by atoms with Gasteiger partial charge in [-0.25, -0.2) is 9.97 Å². The standard InChI is InChI=1S/C23H23N5O/c1-3-21(29)27-18-11-7-10-17(12-18)20-13-19-22(24-14-25-23(19)28-20)26-15(2)16-8-5-4-6-9-16/h4-15H,3H2,1-2H3,(H,27,29)(H2,24,25,26,28)/t15-/m1/s1. The fourth-order valence-electron chi connectivity index (χ4n) is 3.25. The summed E-state index contributed by atoms with van der Waals surface area (Å²) < 4.78 is 0. The average Bonchev–Trinajstić information content (AvgIpc) is 3.20. The molecule has 0 bridgehead atoms. The Morgan fingerprint density at radius 1 is 1.07 bits per heavy atom. The van der Waals surface area contributed by atoms with Crippen LogP contribution < -0.4 is 10.6 Å². The number of carbonyl (C=O) groups excluding carboxylic acids is 1. The van der Waals surface area contributed by atoms with Crippen molar-refractivity contribution in [1.82, 2.24) is 15.0 Å². The first kappa shape index (κ1) is 18.7. The molecule has 4 aromatic rings. The molecule has 0 aliphatic heterocycles. The molecule has 0 saturated carbocycles. The molecule has 0 saturated heterocycles. The monoisotopic (exact) mass is 385 g/mol. The lowest BCUT2D eigenvalue weighted by Crippen LogP contribution is -2.09. The number of anilines is 2. The molecule has 4 rings (SSSR count). The van der Waals surface area contributed by atoms with Gasteiger partial charge in [0.25, 0.3) is 0 Å². The Morgan fingerprint density at radius 2 is 1.90 bits per heavy atom. The van der Waals surface area contributed by atoms with Gasteiger partial charge in [0.15, 0.2) is 0 Å². The minimum absolute atomic E-state index is 0.00829. The van der Waals surface area contributed by atoms with E-state index in [1.54, 1.807) is 6.33 Å². The molecule has 0 aliphatic rings. The van der Waals surface area contributed by atoms with Crippen molar-refractivity contribution in [1.29, 1.82) is 0 Å². The van der Waals surface area contributed by atoms with Gasteiger partial charge >= 0.3 is 0 Å². The van der Waals surface area contributed by atoms with Crippen LogP contribution in [0.25, 0.3) is 22.3 Å². The molecule has 0 aliphatic carbocycles. The fraction of sp³-hybridized carbons (Fsp3) is 0.174. The number of hydrogen-bond acceptors (Lipinski definition) is 4. The highest BCUT2D eigenvalue weighted by molar-refractivity contribution is 5.93. The van der Waals surface area contributed by atoms with Crippen molar-refractivity contribution in [3.8, 4) is 11.3 Å². The Labute approximate surface area is 169 Å². The number of aromatic amines is 1. The van der Waals surface area contributed by atoms with Gasteiger partial charge in [0.2, 0.25) is 5.91 Å². The van der Waals surface area contributed by atoms with E-state index >= 15 is 0 Å². The van der Waals surface area contributed by atoms with Crippen molar-refractivity contribution in [2.75, 3.05) is 10.6 Å². The van der Waals surface area contributed by atoms with Crippen LogP contribution in [-0.2, 0) is 4.79 Å². The lowest BCUT2D eigenvalue weighted by Gasteiger charge is -2.15. The molecule has 29 heavy (non-hydrogen) atoms. The number of aromatic nitrogens is 3. The number of H-pyrrole nitrogens is 1. The van der Waals surface area contributed by atoms with Crippen molar-refractivity contribution < 1.29 is 4.79 Å². The third-order valence-electron chi connectivity index (χ3n) is 4.86. The maximum absolute atomic E-state index is 11.7. The molecule has 0 spiro atoms. The molecule has 0 radical (unpaired) electrons. The first-order chi connectivity index (χ1) is 14.1. The summed E-state index contributed by atoms with van der Waals surface area (Å²) in [5, 5.41) is 7.31. The average molecular weight is 385 g/mol. The van der Waals surface area contributed by atoms with Gasteiger partial charge < -0.3 is 15.6 Å². The van der Waals surface area contributed by atoms with Gasteiger partial charge in [-0.15, -0.1) is 0 Å². The third-order valence-corrected chi connectivity index (χ3v) is 4.86. The van der Waals surface area contributed by atoms with Crippen LogP contribution in [0.1, 0.15) is 31.9 Å². The number of fused-ring (bicyclic) bond motifs is 1. The predicted molar refractivity (Wildman–Crippen MR) is 117 cm³/mol. The smallest absolute Gasteiger partial charge is 0.224 e. The van der Waals surface area contributed by atoms with Crippen LogP contribution in [0, 0.1) is 0 Å². The molecule has 6 nitrogen and oxygen atoms in total. The zero-order valence-corrected chi connectivity index (χ0v) is 16.4.